The van der Waals surface area contributed by atoms with Gasteiger partial charge in [0.2, 0.25) is 5.91 Å². The van der Waals surface area contributed by atoms with Gasteiger partial charge in [0, 0.05) is 12.8 Å². The number of carbonyl (C=O) groups is 2. The highest BCUT2D eigenvalue weighted by Crippen LogP contribution is 2.22. The summed E-state index contributed by atoms with van der Waals surface area (Å²) < 4.78 is 16.6. The predicted octanol–water partition coefficient (Wildman–Crippen LogP) is 10.7. The summed E-state index contributed by atoms with van der Waals surface area (Å²) in [5, 5.41) is 54.0. The van der Waals surface area contributed by atoms with Gasteiger partial charge in [-0.1, -0.05) is 151 Å². The van der Waals surface area contributed by atoms with Crippen molar-refractivity contribution in [3.8, 4) is 0 Å². The first-order valence-corrected chi connectivity index (χ1v) is 26.0. The molecule has 0 bridgehead atoms. The lowest BCUT2D eigenvalue weighted by Crippen LogP contribution is -2.60. The van der Waals surface area contributed by atoms with Crippen molar-refractivity contribution in [2.75, 3.05) is 19.8 Å². The van der Waals surface area contributed by atoms with Gasteiger partial charge < -0.3 is 45.1 Å². The lowest BCUT2D eigenvalue weighted by atomic mass is 9.99. The van der Waals surface area contributed by atoms with E-state index >= 15 is 0 Å². The molecule has 0 aromatic heterocycles. The minimum absolute atomic E-state index is 0.0338. The number of amides is 1. The molecule has 0 spiro atoms. The smallest absolute Gasteiger partial charge is 0.305 e. The van der Waals surface area contributed by atoms with E-state index < -0.39 is 49.5 Å². The van der Waals surface area contributed by atoms with Gasteiger partial charge in [-0.2, -0.15) is 0 Å². The van der Waals surface area contributed by atoms with Gasteiger partial charge in [0.1, 0.15) is 24.4 Å². The number of allylic oxidation sites excluding steroid dienone is 9. The third kappa shape index (κ3) is 34.3. The third-order valence-electron chi connectivity index (χ3n) is 11.9. The Morgan fingerprint density at radius 2 is 1.06 bits per heavy atom. The highest BCUT2D eigenvalue weighted by molar-refractivity contribution is 5.76. The van der Waals surface area contributed by atoms with Crippen molar-refractivity contribution >= 4 is 11.9 Å². The van der Waals surface area contributed by atoms with E-state index in [-0.39, 0.29) is 18.5 Å². The largest absolute Gasteiger partial charge is 0.466 e. The first kappa shape index (κ1) is 60.4. The molecule has 0 saturated carbocycles. The number of ether oxygens (including phenoxy) is 3. The van der Waals surface area contributed by atoms with Gasteiger partial charge in [0.05, 0.1) is 32.0 Å². The van der Waals surface area contributed by atoms with Gasteiger partial charge in [0.25, 0.3) is 0 Å². The van der Waals surface area contributed by atoms with Crippen LogP contribution in [0.3, 0.4) is 0 Å². The molecule has 7 atom stereocenters. The molecule has 0 aromatic carbocycles. The second-order valence-electron chi connectivity index (χ2n) is 17.9. The standard InChI is InChI=1S/C54H95NO10/c1-3-5-7-9-11-13-14-22-26-30-34-38-42-50(59)63-43-39-35-31-27-23-20-18-16-15-17-19-21-25-29-33-37-41-49(58)55-46(47(57)40-36-32-28-24-12-10-8-6-4-2)45-64-54-53(62)52(61)51(60)48(44-56)65-54/h4,6,11-13,15,17,24,36,40,46-48,51-54,56-57,60-62H,3,5,7-10,14,16,18-23,25-35,37-39,41-45H2,1-2H3,(H,55,58)/b6-4+,13-11-,17-15-,24-12+,40-36+. The van der Waals surface area contributed by atoms with Crippen LogP contribution in [0.4, 0.5) is 0 Å². The number of aliphatic hydroxyl groups excluding tert-OH is 5. The van der Waals surface area contributed by atoms with Crippen LogP contribution in [0.1, 0.15) is 206 Å². The summed E-state index contributed by atoms with van der Waals surface area (Å²) in [5.41, 5.74) is 0. The maximum absolute atomic E-state index is 12.9. The summed E-state index contributed by atoms with van der Waals surface area (Å²) in [6.07, 6.45) is 44.7. The predicted molar refractivity (Wildman–Crippen MR) is 264 cm³/mol. The molecule has 0 aliphatic carbocycles. The van der Waals surface area contributed by atoms with Gasteiger partial charge in [-0.25, -0.2) is 0 Å². The number of aliphatic hydroxyl groups is 5. The van der Waals surface area contributed by atoms with Crippen molar-refractivity contribution in [3.63, 3.8) is 0 Å². The molecule has 1 fully saturated rings. The summed E-state index contributed by atoms with van der Waals surface area (Å²) in [7, 11) is 0. The fraction of sp³-hybridized carbons (Fsp3) is 0.778. The maximum Gasteiger partial charge on any atom is 0.305 e. The van der Waals surface area contributed by atoms with E-state index in [2.05, 4.69) is 54.8 Å². The normalized spacial score (nSPS) is 20.3. The number of unbranched alkanes of at least 4 members (excludes halogenated alkanes) is 22. The molecule has 0 radical (unpaired) electrons. The van der Waals surface area contributed by atoms with Crippen LogP contribution < -0.4 is 5.32 Å². The minimum atomic E-state index is -1.59. The number of hydrogen-bond donors (Lipinski definition) is 6. The molecule has 376 valence electrons. The van der Waals surface area contributed by atoms with E-state index in [9.17, 15) is 35.1 Å². The maximum atomic E-state index is 12.9. The molecule has 1 rings (SSSR count). The fourth-order valence-corrected chi connectivity index (χ4v) is 7.70. The van der Waals surface area contributed by atoms with Crippen molar-refractivity contribution in [1.29, 1.82) is 0 Å². The van der Waals surface area contributed by atoms with Crippen LogP contribution in [-0.2, 0) is 23.8 Å². The molecule has 1 amide bonds. The van der Waals surface area contributed by atoms with Crippen molar-refractivity contribution in [2.45, 2.75) is 249 Å². The molecule has 1 aliphatic rings. The molecule has 65 heavy (non-hydrogen) atoms. The number of carbonyl (C=O) groups excluding carboxylic acids is 2. The van der Waals surface area contributed by atoms with Crippen LogP contribution in [0.5, 0.6) is 0 Å². The first-order chi connectivity index (χ1) is 31.7. The Kier molecular flexibility index (Phi) is 40.8. The molecule has 11 nitrogen and oxygen atoms in total. The fourth-order valence-electron chi connectivity index (χ4n) is 7.70. The van der Waals surface area contributed by atoms with E-state index in [0.29, 0.717) is 25.9 Å². The van der Waals surface area contributed by atoms with Gasteiger partial charge in [0.15, 0.2) is 6.29 Å². The number of rotatable bonds is 43. The quantitative estimate of drug-likeness (QED) is 0.0196. The average Bonchev–Trinajstić information content (AvgIpc) is 3.30. The molecule has 6 N–H and O–H groups in total. The highest BCUT2D eigenvalue weighted by atomic mass is 16.7. The summed E-state index contributed by atoms with van der Waals surface area (Å²) in [4.78, 5) is 25.0. The monoisotopic (exact) mass is 918 g/mol. The average molecular weight is 918 g/mol. The Balaban J connectivity index is 2.13. The number of nitrogens with one attached hydrogen (secondary N) is 1. The summed E-state index contributed by atoms with van der Waals surface area (Å²) in [6, 6.07) is -0.846. The zero-order valence-electron chi connectivity index (χ0n) is 40.9. The Bertz CT molecular complexity index is 1270. The van der Waals surface area contributed by atoms with Gasteiger partial charge in [-0.15, -0.1) is 0 Å². The van der Waals surface area contributed by atoms with E-state index in [1.54, 1.807) is 6.08 Å². The van der Waals surface area contributed by atoms with E-state index in [1.807, 2.05) is 19.1 Å². The van der Waals surface area contributed by atoms with E-state index in [0.717, 1.165) is 89.9 Å². The van der Waals surface area contributed by atoms with Crippen LogP contribution in [0, 0.1) is 0 Å². The Morgan fingerprint density at radius 3 is 1.62 bits per heavy atom. The topological polar surface area (TPSA) is 175 Å². The molecule has 1 heterocycles. The molecular formula is C54H95NO10. The van der Waals surface area contributed by atoms with Crippen molar-refractivity contribution in [3.05, 3.63) is 60.8 Å². The zero-order valence-corrected chi connectivity index (χ0v) is 40.9. The second-order valence-corrected chi connectivity index (χ2v) is 17.9. The number of hydrogen-bond acceptors (Lipinski definition) is 10. The summed E-state index contributed by atoms with van der Waals surface area (Å²) >= 11 is 0. The molecule has 11 heteroatoms. The zero-order chi connectivity index (χ0) is 47.4. The van der Waals surface area contributed by atoms with Gasteiger partial charge in [-0.3, -0.25) is 9.59 Å². The third-order valence-corrected chi connectivity index (χ3v) is 11.9. The van der Waals surface area contributed by atoms with Crippen LogP contribution >= 0.6 is 0 Å². The summed E-state index contributed by atoms with van der Waals surface area (Å²) in [6.45, 7) is 4.00. The van der Waals surface area contributed by atoms with Crippen LogP contribution in [0.2, 0.25) is 0 Å². The van der Waals surface area contributed by atoms with Gasteiger partial charge in [-0.05, 0) is 103 Å². The SMILES string of the molecule is C/C=C/CC/C=C/CC/C=C/C(O)C(COC1OC(CO)C(O)C(O)C1O)NC(=O)CCCCCCC/C=C\CCCCCCCCCOC(=O)CCCCCCC/C=C\CCCCC. The Morgan fingerprint density at radius 1 is 0.585 bits per heavy atom. The molecule has 1 aliphatic heterocycles. The second kappa shape index (κ2) is 43.9. The van der Waals surface area contributed by atoms with Gasteiger partial charge >= 0.3 is 5.97 Å². The molecule has 0 aromatic rings. The van der Waals surface area contributed by atoms with Crippen molar-refractivity contribution in [1.82, 2.24) is 5.32 Å². The molecule has 7 unspecified atom stereocenters. The Hall–Kier alpha value is -2.64. The van der Waals surface area contributed by atoms with Crippen molar-refractivity contribution in [2.24, 2.45) is 0 Å². The minimum Gasteiger partial charge on any atom is -0.466 e. The Labute approximate surface area is 395 Å². The van der Waals surface area contributed by atoms with Crippen molar-refractivity contribution < 1.29 is 49.3 Å². The molecule has 1 saturated heterocycles. The van der Waals surface area contributed by atoms with E-state index in [1.165, 1.54) is 83.5 Å². The van der Waals surface area contributed by atoms with E-state index in [4.69, 9.17) is 14.2 Å². The van der Waals surface area contributed by atoms with Crippen LogP contribution in [0.15, 0.2) is 60.8 Å². The molecular weight excluding hydrogens is 823 g/mol. The lowest BCUT2D eigenvalue weighted by molar-refractivity contribution is -0.302. The summed E-state index contributed by atoms with van der Waals surface area (Å²) in [5.74, 6) is -0.253. The lowest BCUT2D eigenvalue weighted by Gasteiger charge is -2.40. The first-order valence-electron chi connectivity index (χ1n) is 26.0. The number of esters is 1. The van der Waals surface area contributed by atoms with Crippen LogP contribution in [0.25, 0.3) is 0 Å². The van der Waals surface area contributed by atoms with Crippen LogP contribution in [-0.4, -0.2) is 100 Å². The highest BCUT2D eigenvalue weighted by Gasteiger charge is 2.44.